The first-order valence-corrected chi connectivity index (χ1v) is 5.70. The van der Waals surface area contributed by atoms with E-state index in [1.54, 1.807) is 0 Å². The summed E-state index contributed by atoms with van der Waals surface area (Å²) in [6.07, 6.45) is 5.11. The van der Waals surface area contributed by atoms with Gasteiger partial charge in [-0.05, 0) is 38.3 Å². The molecule has 0 radical (unpaired) electrons. The predicted octanol–water partition coefficient (Wildman–Crippen LogP) is 1.85. The van der Waals surface area contributed by atoms with Gasteiger partial charge >= 0.3 is 0 Å². The van der Waals surface area contributed by atoms with Crippen molar-refractivity contribution < 1.29 is 0 Å². The third kappa shape index (κ3) is 4.10. The Morgan fingerprint density at radius 3 is 2.54 bits per heavy atom. The van der Waals surface area contributed by atoms with Gasteiger partial charge in [0, 0.05) is 12.6 Å². The Hall–Kier alpha value is -0.0800. The largest absolute Gasteiger partial charge is 0.327 e. The van der Waals surface area contributed by atoms with Crippen LogP contribution in [0.1, 0.15) is 39.5 Å². The van der Waals surface area contributed by atoms with E-state index in [0.29, 0.717) is 6.04 Å². The van der Waals surface area contributed by atoms with Gasteiger partial charge in [0.15, 0.2) is 0 Å². The minimum Gasteiger partial charge on any atom is -0.327 e. The second-order valence-corrected chi connectivity index (χ2v) is 4.53. The van der Waals surface area contributed by atoms with E-state index < -0.39 is 0 Å². The van der Waals surface area contributed by atoms with Crippen LogP contribution in [0.5, 0.6) is 0 Å². The Kier molecular flexibility index (Phi) is 4.74. The topological polar surface area (TPSA) is 29.3 Å². The predicted molar refractivity (Wildman–Crippen MR) is 57.7 cm³/mol. The van der Waals surface area contributed by atoms with E-state index in [9.17, 15) is 0 Å². The van der Waals surface area contributed by atoms with Crippen LogP contribution in [0.3, 0.4) is 0 Å². The zero-order valence-corrected chi connectivity index (χ0v) is 9.13. The molecule has 0 amide bonds. The molecule has 0 aromatic rings. The molecule has 1 heterocycles. The molecule has 2 heteroatoms. The van der Waals surface area contributed by atoms with Crippen molar-refractivity contribution in [2.75, 3.05) is 19.6 Å². The molecule has 1 fully saturated rings. The van der Waals surface area contributed by atoms with E-state index in [2.05, 4.69) is 18.7 Å². The van der Waals surface area contributed by atoms with Crippen LogP contribution in [-0.2, 0) is 0 Å². The molecule has 0 aromatic carbocycles. The minimum atomic E-state index is 0.401. The van der Waals surface area contributed by atoms with E-state index in [0.717, 1.165) is 12.5 Å². The van der Waals surface area contributed by atoms with Gasteiger partial charge in [-0.15, -0.1) is 0 Å². The Balaban J connectivity index is 2.14. The van der Waals surface area contributed by atoms with Crippen LogP contribution in [-0.4, -0.2) is 30.6 Å². The standard InChI is InChI=1S/C11H24N2/c1-3-4-11(12)9-13-7-5-10(2)6-8-13/h10-11H,3-9,12H2,1-2H3. The first-order chi connectivity index (χ1) is 6.22. The third-order valence-electron chi connectivity index (χ3n) is 3.03. The molecule has 1 aliphatic rings. The van der Waals surface area contributed by atoms with Crippen molar-refractivity contribution in [1.29, 1.82) is 0 Å². The SMILES string of the molecule is CCCC(N)CN1CCC(C)CC1. The van der Waals surface area contributed by atoms with Crippen molar-refractivity contribution >= 4 is 0 Å². The fourth-order valence-corrected chi connectivity index (χ4v) is 2.04. The Labute approximate surface area is 82.5 Å². The molecule has 1 aliphatic heterocycles. The van der Waals surface area contributed by atoms with Crippen molar-refractivity contribution in [3.63, 3.8) is 0 Å². The van der Waals surface area contributed by atoms with Crippen LogP contribution in [0.4, 0.5) is 0 Å². The Morgan fingerprint density at radius 1 is 1.38 bits per heavy atom. The summed E-state index contributed by atoms with van der Waals surface area (Å²) in [7, 11) is 0. The van der Waals surface area contributed by atoms with Crippen LogP contribution in [0.2, 0.25) is 0 Å². The number of hydrogen-bond donors (Lipinski definition) is 1. The molecule has 0 spiro atoms. The summed E-state index contributed by atoms with van der Waals surface area (Å²) >= 11 is 0. The van der Waals surface area contributed by atoms with Crippen LogP contribution >= 0.6 is 0 Å². The quantitative estimate of drug-likeness (QED) is 0.722. The molecule has 2 N–H and O–H groups in total. The maximum absolute atomic E-state index is 6.01. The van der Waals surface area contributed by atoms with Crippen molar-refractivity contribution in [2.45, 2.75) is 45.6 Å². The highest BCUT2D eigenvalue weighted by molar-refractivity contribution is 4.73. The fourth-order valence-electron chi connectivity index (χ4n) is 2.04. The van der Waals surface area contributed by atoms with Gasteiger partial charge in [0.1, 0.15) is 0 Å². The van der Waals surface area contributed by atoms with E-state index in [-0.39, 0.29) is 0 Å². The van der Waals surface area contributed by atoms with Crippen molar-refractivity contribution in [3.05, 3.63) is 0 Å². The Bertz CT molecular complexity index is 128. The number of piperidine rings is 1. The van der Waals surface area contributed by atoms with Crippen molar-refractivity contribution in [1.82, 2.24) is 4.90 Å². The maximum atomic E-state index is 6.01. The lowest BCUT2D eigenvalue weighted by molar-refractivity contribution is 0.180. The maximum Gasteiger partial charge on any atom is 0.0167 e. The van der Waals surface area contributed by atoms with Gasteiger partial charge in [0.2, 0.25) is 0 Å². The molecule has 78 valence electrons. The minimum absolute atomic E-state index is 0.401. The monoisotopic (exact) mass is 184 g/mol. The summed E-state index contributed by atoms with van der Waals surface area (Å²) < 4.78 is 0. The number of nitrogens with zero attached hydrogens (tertiary/aromatic N) is 1. The number of hydrogen-bond acceptors (Lipinski definition) is 2. The molecule has 13 heavy (non-hydrogen) atoms. The summed E-state index contributed by atoms with van der Waals surface area (Å²) in [5.41, 5.74) is 6.01. The van der Waals surface area contributed by atoms with E-state index >= 15 is 0 Å². The molecule has 0 bridgehead atoms. The number of rotatable bonds is 4. The second-order valence-electron chi connectivity index (χ2n) is 4.53. The summed E-state index contributed by atoms with van der Waals surface area (Å²) in [6.45, 7) is 8.19. The van der Waals surface area contributed by atoms with Gasteiger partial charge in [-0.25, -0.2) is 0 Å². The highest BCUT2D eigenvalue weighted by atomic mass is 15.1. The Morgan fingerprint density at radius 2 is 2.00 bits per heavy atom. The normalized spacial score (nSPS) is 23.3. The zero-order valence-electron chi connectivity index (χ0n) is 9.13. The van der Waals surface area contributed by atoms with E-state index in [4.69, 9.17) is 5.73 Å². The van der Waals surface area contributed by atoms with Crippen LogP contribution in [0.25, 0.3) is 0 Å². The molecule has 1 saturated heterocycles. The molecule has 0 saturated carbocycles. The summed E-state index contributed by atoms with van der Waals surface area (Å²) in [5.74, 6) is 0.929. The van der Waals surface area contributed by atoms with Crippen LogP contribution < -0.4 is 5.73 Å². The highest BCUT2D eigenvalue weighted by Crippen LogP contribution is 2.16. The van der Waals surface area contributed by atoms with Crippen molar-refractivity contribution in [2.24, 2.45) is 11.7 Å². The molecule has 1 unspecified atom stereocenters. The molecule has 2 nitrogen and oxygen atoms in total. The smallest absolute Gasteiger partial charge is 0.0167 e. The molecule has 1 atom stereocenters. The zero-order chi connectivity index (χ0) is 9.68. The van der Waals surface area contributed by atoms with Gasteiger partial charge in [-0.1, -0.05) is 20.3 Å². The van der Waals surface area contributed by atoms with Gasteiger partial charge in [-0.3, -0.25) is 0 Å². The average Bonchev–Trinajstić information content (AvgIpc) is 2.09. The van der Waals surface area contributed by atoms with Crippen LogP contribution in [0, 0.1) is 5.92 Å². The number of likely N-dealkylation sites (tertiary alicyclic amines) is 1. The molecular weight excluding hydrogens is 160 g/mol. The molecule has 0 aliphatic carbocycles. The molecule has 1 rings (SSSR count). The van der Waals surface area contributed by atoms with Gasteiger partial charge < -0.3 is 10.6 Å². The van der Waals surface area contributed by atoms with Crippen LogP contribution in [0.15, 0.2) is 0 Å². The number of nitrogens with two attached hydrogens (primary N) is 1. The van der Waals surface area contributed by atoms with E-state index in [1.165, 1.54) is 38.8 Å². The lowest BCUT2D eigenvalue weighted by atomic mass is 9.98. The second kappa shape index (κ2) is 5.61. The molecule has 0 aromatic heterocycles. The lowest BCUT2D eigenvalue weighted by Gasteiger charge is -2.31. The summed E-state index contributed by atoms with van der Waals surface area (Å²) in [4.78, 5) is 2.53. The average molecular weight is 184 g/mol. The highest BCUT2D eigenvalue weighted by Gasteiger charge is 2.16. The summed E-state index contributed by atoms with van der Waals surface area (Å²) in [5, 5.41) is 0. The van der Waals surface area contributed by atoms with Gasteiger partial charge in [0.25, 0.3) is 0 Å². The lowest BCUT2D eigenvalue weighted by Crippen LogP contribution is -2.41. The summed E-state index contributed by atoms with van der Waals surface area (Å²) in [6, 6.07) is 0.401. The first-order valence-electron chi connectivity index (χ1n) is 5.70. The third-order valence-corrected chi connectivity index (χ3v) is 3.03. The van der Waals surface area contributed by atoms with Gasteiger partial charge in [-0.2, -0.15) is 0 Å². The fraction of sp³-hybridized carbons (Fsp3) is 1.00. The molecular formula is C11H24N2. The van der Waals surface area contributed by atoms with E-state index in [1.807, 2.05) is 0 Å². The van der Waals surface area contributed by atoms with Crippen molar-refractivity contribution in [3.8, 4) is 0 Å². The first kappa shape index (κ1) is 11.0. The van der Waals surface area contributed by atoms with Gasteiger partial charge in [0.05, 0.1) is 0 Å².